The van der Waals surface area contributed by atoms with E-state index in [9.17, 15) is 17.2 Å². The maximum atomic E-state index is 11.8. The van der Waals surface area contributed by atoms with Crippen molar-refractivity contribution >= 4 is 10.0 Å². The molecule has 1 heterocycles. The van der Waals surface area contributed by atoms with E-state index < -0.39 is 23.0 Å². The fraction of sp³-hybridized carbons (Fsp3) is 0.375. The molecule has 0 fully saturated rings. The molecule has 2 N–H and O–H groups in total. The van der Waals surface area contributed by atoms with Gasteiger partial charge in [-0.05, 0) is 11.6 Å². The SMILES string of the molecule is O=S(=O)(NCC(F)F)c1ccc(CO)cn1. The van der Waals surface area contributed by atoms with Crippen LogP contribution in [0.3, 0.4) is 0 Å². The summed E-state index contributed by atoms with van der Waals surface area (Å²) in [6, 6.07) is 2.49. The van der Waals surface area contributed by atoms with Gasteiger partial charge in [0.25, 0.3) is 16.4 Å². The molecule has 0 bridgehead atoms. The number of aliphatic hydroxyl groups excluding tert-OH is 1. The molecule has 1 aromatic rings. The minimum absolute atomic E-state index is 0.266. The van der Waals surface area contributed by atoms with Crippen LogP contribution in [0, 0.1) is 0 Å². The Labute approximate surface area is 91.2 Å². The second-order valence-corrected chi connectivity index (χ2v) is 4.62. The molecule has 5 nitrogen and oxygen atoms in total. The summed E-state index contributed by atoms with van der Waals surface area (Å²) in [5, 5.41) is 8.35. The van der Waals surface area contributed by atoms with E-state index in [1.54, 1.807) is 4.72 Å². The number of nitrogens with zero attached hydrogens (tertiary/aromatic N) is 1. The topological polar surface area (TPSA) is 79.3 Å². The Balaban J connectivity index is 2.82. The lowest BCUT2D eigenvalue weighted by Gasteiger charge is -2.05. The van der Waals surface area contributed by atoms with Crippen molar-refractivity contribution in [2.75, 3.05) is 6.54 Å². The van der Waals surface area contributed by atoms with E-state index in [1.165, 1.54) is 6.07 Å². The quantitative estimate of drug-likeness (QED) is 0.780. The molecule has 90 valence electrons. The van der Waals surface area contributed by atoms with Crippen LogP contribution < -0.4 is 4.72 Å². The zero-order valence-corrected chi connectivity index (χ0v) is 8.92. The van der Waals surface area contributed by atoms with E-state index in [2.05, 4.69) is 4.98 Å². The Morgan fingerprint density at radius 2 is 2.12 bits per heavy atom. The number of pyridine rings is 1. The average molecular weight is 252 g/mol. The second-order valence-electron chi connectivity index (χ2n) is 2.91. The molecule has 16 heavy (non-hydrogen) atoms. The summed E-state index contributed by atoms with van der Waals surface area (Å²) >= 11 is 0. The van der Waals surface area contributed by atoms with Crippen LogP contribution in [0.1, 0.15) is 5.56 Å². The fourth-order valence-corrected chi connectivity index (χ4v) is 1.84. The maximum absolute atomic E-state index is 11.8. The molecular weight excluding hydrogens is 242 g/mol. The molecule has 0 radical (unpaired) electrons. The van der Waals surface area contributed by atoms with Crippen LogP contribution in [0.5, 0.6) is 0 Å². The van der Waals surface area contributed by atoms with Crippen molar-refractivity contribution < 1.29 is 22.3 Å². The van der Waals surface area contributed by atoms with E-state index in [0.29, 0.717) is 5.56 Å². The summed E-state index contributed by atoms with van der Waals surface area (Å²) in [4.78, 5) is 3.54. The van der Waals surface area contributed by atoms with Crippen molar-refractivity contribution in [3.05, 3.63) is 23.9 Å². The summed E-state index contributed by atoms with van der Waals surface area (Å²) < 4.78 is 48.1. The number of aliphatic hydroxyl groups is 1. The van der Waals surface area contributed by atoms with Gasteiger partial charge in [-0.15, -0.1) is 0 Å². The molecule has 1 aromatic heterocycles. The molecule has 0 aliphatic rings. The summed E-state index contributed by atoms with van der Waals surface area (Å²) in [5.41, 5.74) is 0.438. The zero-order chi connectivity index (χ0) is 12.2. The predicted molar refractivity (Wildman–Crippen MR) is 51.4 cm³/mol. The van der Waals surface area contributed by atoms with Crippen LogP contribution >= 0.6 is 0 Å². The Morgan fingerprint density at radius 1 is 1.44 bits per heavy atom. The Hall–Kier alpha value is -1.12. The first-order valence-corrected chi connectivity index (χ1v) is 5.77. The predicted octanol–water partition coefficient (Wildman–Crippen LogP) is 0.117. The van der Waals surface area contributed by atoms with E-state index in [1.807, 2.05) is 0 Å². The van der Waals surface area contributed by atoms with Crippen molar-refractivity contribution in [2.45, 2.75) is 18.1 Å². The zero-order valence-electron chi connectivity index (χ0n) is 8.10. The molecule has 0 aromatic carbocycles. The largest absolute Gasteiger partial charge is 0.392 e. The number of hydrogen-bond donors (Lipinski definition) is 2. The van der Waals surface area contributed by atoms with Crippen LogP contribution in [-0.2, 0) is 16.6 Å². The highest BCUT2D eigenvalue weighted by molar-refractivity contribution is 7.89. The molecule has 0 amide bonds. The third-order valence-electron chi connectivity index (χ3n) is 1.68. The van der Waals surface area contributed by atoms with Gasteiger partial charge in [0.1, 0.15) is 0 Å². The maximum Gasteiger partial charge on any atom is 0.258 e. The Morgan fingerprint density at radius 3 is 2.56 bits per heavy atom. The summed E-state index contributed by atoms with van der Waals surface area (Å²) in [5.74, 6) is 0. The van der Waals surface area contributed by atoms with Gasteiger partial charge in [0.2, 0.25) is 0 Å². The lowest BCUT2D eigenvalue weighted by molar-refractivity contribution is 0.153. The average Bonchev–Trinajstić information content (AvgIpc) is 2.27. The van der Waals surface area contributed by atoms with Gasteiger partial charge in [-0.3, -0.25) is 0 Å². The van der Waals surface area contributed by atoms with Gasteiger partial charge in [0.05, 0.1) is 13.2 Å². The number of alkyl halides is 2. The molecule has 8 heteroatoms. The van der Waals surface area contributed by atoms with Gasteiger partial charge in [0, 0.05) is 6.20 Å². The van der Waals surface area contributed by atoms with Gasteiger partial charge in [0.15, 0.2) is 5.03 Å². The van der Waals surface area contributed by atoms with Crippen LogP contribution in [0.15, 0.2) is 23.4 Å². The monoisotopic (exact) mass is 252 g/mol. The van der Waals surface area contributed by atoms with Crippen molar-refractivity contribution in [2.24, 2.45) is 0 Å². The highest BCUT2D eigenvalue weighted by Crippen LogP contribution is 2.06. The summed E-state index contributed by atoms with van der Waals surface area (Å²) in [7, 11) is -4.00. The number of sulfonamides is 1. The molecular formula is C8H10F2N2O3S. The lowest BCUT2D eigenvalue weighted by atomic mass is 10.3. The number of hydrogen-bond acceptors (Lipinski definition) is 4. The van der Waals surface area contributed by atoms with E-state index >= 15 is 0 Å². The molecule has 0 saturated carbocycles. The van der Waals surface area contributed by atoms with Crippen molar-refractivity contribution in [1.29, 1.82) is 0 Å². The van der Waals surface area contributed by atoms with Crippen molar-refractivity contribution in [3.8, 4) is 0 Å². The fourth-order valence-electron chi connectivity index (χ4n) is 0.910. The molecule has 0 aliphatic heterocycles. The number of halogens is 2. The van der Waals surface area contributed by atoms with Crippen LogP contribution in [0.25, 0.3) is 0 Å². The third-order valence-corrected chi connectivity index (χ3v) is 3.02. The highest BCUT2D eigenvalue weighted by Gasteiger charge is 2.17. The molecule has 0 unspecified atom stereocenters. The smallest absolute Gasteiger partial charge is 0.258 e. The number of nitrogens with one attached hydrogen (secondary N) is 1. The first-order valence-electron chi connectivity index (χ1n) is 4.29. The standard InChI is InChI=1S/C8H10F2N2O3S/c9-7(10)4-12-16(14,15)8-2-1-6(5-13)3-11-8/h1-3,7,12-13H,4-5H2. The minimum Gasteiger partial charge on any atom is -0.392 e. The molecule has 0 aliphatic carbocycles. The Kier molecular flexibility index (Phi) is 4.27. The number of rotatable bonds is 5. The molecule has 0 atom stereocenters. The summed E-state index contributed by atoms with van der Waals surface area (Å²) in [6.07, 6.45) is -1.59. The first-order chi connectivity index (χ1) is 7.45. The van der Waals surface area contributed by atoms with Crippen molar-refractivity contribution in [1.82, 2.24) is 9.71 Å². The van der Waals surface area contributed by atoms with Gasteiger partial charge < -0.3 is 5.11 Å². The highest BCUT2D eigenvalue weighted by atomic mass is 32.2. The van der Waals surface area contributed by atoms with Crippen LogP contribution in [0.4, 0.5) is 8.78 Å². The minimum atomic E-state index is -4.00. The van der Waals surface area contributed by atoms with Gasteiger partial charge in [-0.25, -0.2) is 26.9 Å². The van der Waals surface area contributed by atoms with E-state index in [0.717, 1.165) is 12.3 Å². The second kappa shape index (κ2) is 5.28. The Bertz CT molecular complexity index is 433. The van der Waals surface area contributed by atoms with E-state index in [-0.39, 0.29) is 11.6 Å². The molecule has 0 spiro atoms. The third kappa shape index (κ3) is 3.47. The van der Waals surface area contributed by atoms with Gasteiger partial charge in [-0.2, -0.15) is 0 Å². The van der Waals surface area contributed by atoms with Crippen molar-refractivity contribution in [3.63, 3.8) is 0 Å². The van der Waals surface area contributed by atoms with Crippen LogP contribution in [0.2, 0.25) is 0 Å². The first kappa shape index (κ1) is 12.9. The molecule has 0 saturated heterocycles. The van der Waals surface area contributed by atoms with Gasteiger partial charge >= 0.3 is 0 Å². The number of aromatic nitrogens is 1. The summed E-state index contributed by atoms with van der Waals surface area (Å²) in [6.45, 7) is -1.22. The van der Waals surface area contributed by atoms with Crippen LogP contribution in [-0.4, -0.2) is 31.5 Å². The lowest BCUT2D eigenvalue weighted by Crippen LogP contribution is -2.29. The molecule has 1 rings (SSSR count). The van der Waals surface area contributed by atoms with Gasteiger partial charge in [-0.1, -0.05) is 6.07 Å². The normalized spacial score (nSPS) is 12.0. The van der Waals surface area contributed by atoms with E-state index in [4.69, 9.17) is 5.11 Å².